The number of carbonyl (C=O) groups is 2. The number of phosphoric acid groups is 1. The molecule has 3 atom stereocenters. The van der Waals surface area contributed by atoms with E-state index in [4.69, 9.17) is 19.3 Å². The van der Waals surface area contributed by atoms with Crippen LogP contribution in [-0.2, 0) is 28.2 Å². The molecule has 0 aromatic rings. The number of hydrogen-bond donors (Lipinski definition) is 4. The first-order valence-corrected chi connectivity index (χ1v) is 19.0. The molecular weight excluding hydrogens is 599 g/mol. The van der Waals surface area contributed by atoms with E-state index in [1.54, 1.807) is 0 Å². The molecule has 0 saturated heterocycles. The maximum absolute atomic E-state index is 12.3. The van der Waals surface area contributed by atoms with Gasteiger partial charge < -0.3 is 29.5 Å². The molecule has 0 amide bonds. The summed E-state index contributed by atoms with van der Waals surface area (Å²) in [6.07, 6.45) is 19.9. The maximum atomic E-state index is 12.3. The van der Waals surface area contributed by atoms with Gasteiger partial charge in [-0.05, 0) is 44.4 Å². The molecule has 4 N–H and O–H groups in total. The summed E-state index contributed by atoms with van der Waals surface area (Å²) in [5.74, 6) is -0.261. The fourth-order valence-electron chi connectivity index (χ4n) is 4.87. The van der Waals surface area contributed by atoms with Crippen LogP contribution in [0.3, 0.4) is 0 Å². The number of aliphatic hydroxyl groups is 2. The first-order chi connectivity index (χ1) is 21.4. The third kappa shape index (κ3) is 31.1. The van der Waals surface area contributed by atoms with Gasteiger partial charge in [-0.3, -0.25) is 14.1 Å². The van der Waals surface area contributed by atoms with Gasteiger partial charge in [-0.2, -0.15) is 0 Å². The van der Waals surface area contributed by atoms with E-state index in [-0.39, 0.29) is 19.4 Å². The van der Waals surface area contributed by atoms with Crippen LogP contribution in [0.25, 0.3) is 0 Å². The summed E-state index contributed by atoms with van der Waals surface area (Å²) in [5.41, 5.74) is 0. The van der Waals surface area contributed by atoms with E-state index >= 15 is 0 Å². The van der Waals surface area contributed by atoms with Crippen LogP contribution in [0.5, 0.6) is 0 Å². The molecule has 11 heteroatoms. The molecule has 0 spiro atoms. The van der Waals surface area contributed by atoms with Crippen LogP contribution in [-0.4, -0.2) is 63.5 Å². The van der Waals surface area contributed by atoms with E-state index in [2.05, 4.69) is 31.4 Å². The Labute approximate surface area is 272 Å². The quantitative estimate of drug-likeness (QED) is 0.0250. The van der Waals surface area contributed by atoms with Crippen molar-refractivity contribution in [2.75, 3.05) is 13.2 Å². The van der Waals surface area contributed by atoms with Crippen molar-refractivity contribution in [1.82, 2.24) is 0 Å². The molecule has 0 unspecified atom stereocenters. The molecule has 10 nitrogen and oxygen atoms in total. The summed E-state index contributed by atoms with van der Waals surface area (Å²) in [6, 6.07) is 0. The minimum absolute atomic E-state index is 0.170. The zero-order chi connectivity index (χ0) is 33.8. The number of rotatable bonds is 31. The fraction of sp³-hybridized carbons (Fsp3) is 0.882. The Kier molecular flexibility index (Phi) is 28.1. The predicted molar refractivity (Wildman–Crippen MR) is 177 cm³/mol. The first-order valence-electron chi connectivity index (χ1n) is 17.5. The van der Waals surface area contributed by atoms with Gasteiger partial charge in [0.2, 0.25) is 0 Å². The van der Waals surface area contributed by atoms with Crippen molar-refractivity contribution in [1.29, 1.82) is 0 Å². The highest BCUT2D eigenvalue weighted by Crippen LogP contribution is 2.36. The molecule has 0 heterocycles. The van der Waals surface area contributed by atoms with Gasteiger partial charge in [0.15, 0.2) is 6.10 Å². The molecule has 0 rings (SSSR count). The Bertz CT molecular complexity index is 798. The zero-order valence-corrected chi connectivity index (χ0v) is 29.3. The van der Waals surface area contributed by atoms with Crippen molar-refractivity contribution in [2.24, 2.45) is 5.92 Å². The number of aliphatic hydroxyl groups excluding tert-OH is 2. The van der Waals surface area contributed by atoms with Crippen molar-refractivity contribution in [3.05, 3.63) is 12.2 Å². The molecule has 45 heavy (non-hydrogen) atoms. The normalized spacial score (nSPS) is 14.1. The van der Waals surface area contributed by atoms with Gasteiger partial charge in [0.1, 0.15) is 6.61 Å². The van der Waals surface area contributed by atoms with Gasteiger partial charge in [-0.15, -0.1) is 0 Å². The summed E-state index contributed by atoms with van der Waals surface area (Å²) in [4.78, 5) is 42.5. The second-order valence-electron chi connectivity index (χ2n) is 12.6. The third-order valence-electron chi connectivity index (χ3n) is 7.66. The van der Waals surface area contributed by atoms with Crippen LogP contribution in [0, 0.1) is 5.92 Å². The van der Waals surface area contributed by atoms with E-state index in [0.29, 0.717) is 25.7 Å². The Morgan fingerprint density at radius 1 is 0.689 bits per heavy atom. The summed E-state index contributed by atoms with van der Waals surface area (Å²) in [7, 11) is -4.78. The number of carbonyl (C=O) groups excluding carboxylic acids is 2. The van der Waals surface area contributed by atoms with Crippen molar-refractivity contribution in [2.45, 2.75) is 174 Å². The number of hydrogen-bond acceptors (Lipinski definition) is 8. The van der Waals surface area contributed by atoms with E-state index in [1.165, 1.54) is 38.5 Å². The predicted octanol–water partition coefficient (Wildman–Crippen LogP) is 7.70. The van der Waals surface area contributed by atoms with Gasteiger partial charge >= 0.3 is 19.8 Å². The molecule has 0 aromatic carbocycles. The van der Waals surface area contributed by atoms with Crippen molar-refractivity contribution < 1.29 is 48.2 Å². The second kappa shape index (κ2) is 28.9. The van der Waals surface area contributed by atoms with Crippen LogP contribution in [0.4, 0.5) is 0 Å². The standard InChI is InChI=1S/C34H65O10P/c1-4-5-6-7-13-18-23-31(35)32(36)24-19-14-11-16-20-25-33(37)42-27-30(28-43-45(39,40)41)44-34(38)26-21-15-10-8-9-12-17-22-29(2)3/h13,18,29-32,35-36H,4-12,14-17,19-28H2,1-3H3,(H2,39,40,41)/b18-13-/t30-,31-,32-/m1/s1. The van der Waals surface area contributed by atoms with E-state index in [1.807, 2.05) is 6.08 Å². The lowest BCUT2D eigenvalue weighted by atomic mass is 10.0. The van der Waals surface area contributed by atoms with Gasteiger partial charge in [0.25, 0.3) is 0 Å². The monoisotopic (exact) mass is 664 g/mol. The van der Waals surface area contributed by atoms with E-state index < -0.39 is 44.7 Å². The highest BCUT2D eigenvalue weighted by Gasteiger charge is 2.23. The van der Waals surface area contributed by atoms with E-state index in [9.17, 15) is 24.4 Å². The second-order valence-corrected chi connectivity index (χ2v) is 13.9. The smallest absolute Gasteiger partial charge is 0.462 e. The zero-order valence-electron chi connectivity index (χ0n) is 28.4. The van der Waals surface area contributed by atoms with Gasteiger partial charge in [0.05, 0.1) is 18.8 Å². The Hall–Kier alpha value is -1.29. The number of esters is 2. The molecule has 0 radical (unpaired) electrons. The maximum Gasteiger partial charge on any atom is 0.469 e. The lowest BCUT2D eigenvalue weighted by molar-refractivity contribution is -0.161. The van der Waals surface area contributed by atoms with Crippen LogP contribution >= 0.6 is 7.82 Å². The molecule has 0 saturated carbocycles. The summed E-state index contributed by atoms with van der Waals surface area (Å²) < 4.78 is 26.1. The summed E-state index contributed by atoms with van der Waals surface area (Å²) in [6.45, 7) is 5.71. The molecule has 266 valence electrons. The van der Waals surface area contributed by atoms with Crippen LogP contribution < -0.4 is 0 Å². The molecule has 0 aromatic heterocycles. The molecule has 0 aliphatic carbocycles. The minimum Gasteiger partial charge on any atom is -0.462 e. The van der Waals surface area contributed by atoms with Crippen LogP contribution in [0.15, 0.2) is 12.2 Å². The first kappa shape index (κ1) is 43.7. The molecular formula is C34H65O10P. The van der Waals surface area contributed by atoms with Crippen LogP contribution in [0.1, 0.15) is 156 Å². The SMILES string of the molecule is CCCCC/C=C\C[C@@H](O)[C@H](O)CCCCCCCC(=O)OC[C@H](COP(=O)(O)O)OC(=O)CCCCCCCCCC(C)C. The average Bonchev–Trinajstić information content (AvgIpc) is 2.98. The van der Waals surface area contributed by atoms with Crippen molar-refractivity contribution >= 4 is 19.8 Å². The largest absolute Gasteiger partial charge is 0.469 e. The minimum atomic E-state index is -4.78. The highest BCUT2D eigenvalue weighted by atomic mass is 31.2. The van der Waals surface area contributed by atoms with Crippen LogP contribution in [0.2, 0.25) is 0 Å². The summed E-state index contributed by atoms with van der Waals surface area (Å²) in [5, 5.41) is 20.3. The number of unbranched alkanes of at least 4 members (excludes halogenated alkanes) is 13. The molecule has 0 fully saturated rings. The fourth-order valence-corrected chi connectivity index (χ4v) is 5.23. The Balaban J connectivity index is 4.12. The molecule has 0 bridgehead atoms. The molecule has 0 aliphatic heterocycles. The summed E-state index contributed by atoms with van der Waals surface area (Å²) >= 11 is 0. The topological polar surface area (TPSA) is 160 Å². The van der Waals surface area contributed by atoms with Gasteiger partial charge in [-0.25, -0.2) is 4.57 Å². The van der Waals surface area contributed by atoms with Gasteiger partial charge in [-0.1, -0.05) is 116 Å². The number of ether oxygens (including phenoxy) is 2. The average molecular weight is 665 g/mol. The Morgan fingerprint density at radius 3 is 1.82 bits per heavy atom. The lowest BCUT2D eigenvalue weighted by Crippen LogP contribution is -2.29. The number of phosphoric ester groups is 1. The van der Waals surface area contributed by atoms with Crippen molar-refractivity contribution in [3.8, 4) is 0 Å². The van der Waals surface area contributed by atoms with Gasteiger partial charge in [0, 0.05) is 12.8 Å². The Morgan fingerprint density at radius 2 is 1.24 bits per heavy atom. The van der Waals surface area contributed by atoms with E-state index in [0.717, 1.165) is 63.7 Å². The molecule has 0 aliphatic rings. The van der Waals surface area contributed by atoms with Crippen molar-refractivity contribution in [3.63, 3.8) is 0 Å². The number of allylic oxidation sites excluding steroid dienone is 1. The highest BCUT2D eigenvalue weighted by molar-refractivity contribution is 7.46. The third-order valence-corrected chi connectivity index (χ3v) is 8.15. The lowest BCUT2D eigenvalue weighted by Gasteiger charge is -2.18.